The number of hydrogen-bond donors (Lipinski definition) is 0. The molecule has 0 saturated carbocycles. The van der Waals surface area contributed by atoms with E-state index in [1.807, 2.05) is 48.5 Å². The summed E-state index contributed by atoms with van der Waals surface area (Å²) in [7, 11) is 0. The van der Waals surface area contributed by atoms with Gasteiger partial charge in [-0.2, -0.15) is 5.26 Å². The highest BCUT2D eigenvalue weighted by Gasteiger charge is 2.20. The largest absolute Gasteiger partial charge is 0.438 e. The summed E-state index contributed by atoms with van der Waals surface area (Å²) in [4.78, 5) is 6.37. The molecule has 0 amide bonds. The van der Waals surface area contributed by atoms with Gasteiger partial charge in [-0.1, -0.05) is 72.8 Å². The van der Waals surface area contributed by atoms with Gasteiger partial charge in [0.2, 0.25) is 5.88 Å². The van der Waals surface area contributed by atoms with E-state index >= 15 is 0 Å². The molecule has 0 radical (unpaired) electrons. The third-order valence-electron chi connectivity index (χ3n) is 8.32. The summed E-state index contributed by atoms with van der Waals surface area (Å²) >= 11 is 0. The van der Waals surface area contributed by atoms with Crippen LogP contribution < -0.4 is 4.90 Å². The number of nitriles is 1. The van der Waals surface area contributed by atoms with Crippen molar-refractivity contribution in [3.63, 3.8) is 0 Å². The molecule has 0 fully saturated rings. The lowest BCUT2D eigenvalue weighted by Crippen LogP contribution is -2.18. The maximum absolute atomic E-state index is 9.62. The second-order valence-corrected chi connectivity index (χ2v) is 10.9. The summed E-state index contributed by atoms with van der Waals surface area (Å²) in [5, 5.41) is 12.8. The molecule has 3 heterocycles. The number of anilines is 1. The van der Waals surface area contributed by atoms with Gasteiger partial charge in [0.1, 0.15) is 11.3 Å². The molecule has 5 aromatic carbocycles. The quantitative estimate of drug-likeness (QED) is 0.195. The Kier molecular flexibility index (Phi) is 5.99. The van der Waals surface area contributed by atoms with Gasteiger partial charge in [-0.05, 0) is 83.6 Å². The van der Waals surface area contributed by atoms with E-state index in [1.54, 1.807) is 0 Å². The number of hydrogen-bond acceptors (Lipinski definition) is 4. The van der Waals surface area contributed by atoms with Gasteiger partial charge >= 0.3 is 0 Å². The number of aromatic nitrogens is 1. The van der Waals surface area contributed by atoms with E-state index in [9.17, 15) is 5.26 Å². The molecule has 5 heteroatoms. The van der Waals surface area contributed by atoms with Crippen LogP contribution in [0.15, 0.2) is 143 Å². The van der Waals surface area contributed by atoms with Crippen molar-refractivity contribution in [3.05, 3.63) is 145 Å². The number of benzene rings is 5. The minimum atomic E-state index is 0.654. The van der Waals surface area contributed by atoms with Gasteiger partial charge in [-0.3, -0.25) is 4.99 Å². The first-order valence-electron chi connectivity index (χ1n) is 14.5. The zero-order valence-corrected chi connectivity index (χ0v) is 23.8. The van der Waals surface area contributed by atoms with Gasteiger partial charge in [0.05, 0.1) is 22.7 Å². The number of para-hydroxylation sites is 2. The van der Waals surface area contributed by atoms with Crippen LogP contribution in [-0.2, 0) is 0 Å². The summed E-state index contributed by atoms with van der Waals surface area (Å²) in [6.07, 6.45) is 6.39. The molecule has 0 aliphatic carbocycles. The average molecular weight is 567 g/mol. The molecule has 8 rings (SSSR count). The summed E-state index contributed by atoms with van der Waals surface area (Å²) in [5.41, 5.74) is 9.94. The van der Waals surface area contributed by atoms with Crippen LogP contribution in [0.1, 0.15) is 11.1 Å². The SMILES string of the molecule is C=Nc1c(N2C=C(c3ccc(-c4ccc5c(c4)c4cc(C#N)ccc4n5-c4ccccc4)cc3)C=CC2)oc2ccccc12. The number of rotatable bonds is 5. The Balaban J connectivity index is 1.17. The van der Waals surface area contributed by atoms with Crippen LogP contribution >= 0.6 is 0 Å². The molecule has 1 aliphatic heterocycles. The first kappa shape index (κ1) is 25.6. The second-order valence-electron chi connectivity index (χ2n) is 10.9. The Morgan fingerprint density at radius 3 is 2.23 bits per heavy atom. The van der Waals surface area contributed by atoms with E-state index in [-0.39, 0.29) is 0 Å². The number of furan rings is 1. The van der Waals surface area contributed by atoms with Crippen LogP contribution in [0.4, 0.5) is 11.6 Å². The van der Waals surface area contributed by atoms with Crippen molar-refractivity contribution in [3.8, 4) is 22.9 Å². The maximum Gasteiger partial charge on any atom is 0.226 e. The molecule has 1 aliphatic rings. The molecule has 0 N–H and O–H groups in total. The van der Waals surface area contributed by atoms with Crippen molar-refractivity contribution in [1.29, 1.82) is 5.26 Å². The van der Waals surface area contributed by atoms with Gasteiger partial charge < -0.3 is 13.9 Å². The molecule has 0 unspecified atom stereocenters. The Labute approximate surface area is 254 Å². The van der Waals surface area contributed by atoms with Crippen LogP contribution in [0.2, 0.25) is 0 Å². The molecular weight excluding hydrogens is 540 g/mol. The monoisotopic (exact) mass is 566 g/mol. The Morgan fingerprint density at radius 1 is 0.727 bits per heavy atom. The molecule has 7 aromatic rings. The van der Waals surface area contributed by atoms with E-state index in [4.69, 9.17) is 4.42 Å². The number of fused-ring (bicyclic) bond motifs is 4. The standard InChI is InChI=1S/C39H26N4O/c1-41-38-32-11-5-6-12-37(32)44-39(38)42-21-7-8-30(25-42)28-16-14-27(15-17-28)29-18-20-36-34(23-29)33-22-26(24-40)13-19-35(33)43(36)31-9-3-2-4-10-31/h2-20,22-23,25H,1,21H2. The number of aliphatic imine (C=N–C) groups is 1. The fraction of sp³-hybridized carbons (Fsp3) is 0.0256. The maximum atomic E-state index is 9.62. The third kappa shape index (κ3) is 4.12. The Morgan fingerprint density at radius 2 is 1.43 bits per heavy atom. The Bertz CT molecular complexity index is 2330. The second kappa shape index (κ2) is 10.3. The molecule has 2 aromatic heterocycles. The zero-order chi connectivity index (χ0) is 29.6. The van der Waals surface area contributed by atoms with E-state index in [0.717, 1.165) is 66.4 Å². The molecule has 44 heavy (non-hydrogen) atoms. The third-order valence-corrected chi connectivity index (χ3v) is 8.32. The van der Waals surface area contributed by atoms with Crippen molar-refractivity contribution in [2.75, 3.05) is 11.4 Å². The van der Waals surface area contributed by atoms with Gasteiger partial charge in [-0.25, -0.2) is 0 Å². The normalized spacial score (nSPS) is 13.0. The van der Waals surface area contributed by atoms with Gasteiger partial charge in [0, 0.05) is 34.6 Å². The highest BCUT2D eigenvalue weighted by Crippen LogP contribution is 2.41. The minimum Gasteiger partial charge on any atom is -0.438 e. The smallest absolute Gasteiger partial charge is 0.226 e. The topological polar surface area (TPSA) is 57.5 Å². The molecule has 0 saturated heterocycles. The lowest BCUT2D eigenvalue weighted by molar-refractivity contribution is 0.610. The number of nitrogens with zero attached hydrogens (tertiary/aromatic N) is 4. The van der Waals surface area contributed by atoms with Crippen molar-refractivity contribution in [1.82, 2.24) is 4.57 Å². The summed E-state index contributed by atoms with van der Waals surface area (Å²) < 4.78 is 8.46. The van der Waals surface area contributed by atoms with E-state index in [2.05, 4.69) is 112 Å². The van der Waals surface area contributed by atoms with Crippen LogP contribution in [0.3, 0.4) is 0 Å². The van der Waals surface area contributed by atoms with Crippen molar-refractivity contribution >= 4 is 56.6 Å². The van der Waals surface area contributed by atoms with Gasteiger partial charge in [0.15, 0.2) is 0 Å². The lowest BCUT2D eigenvalue weighted by Gasteiger charge is -2.21. The first-order valence-corrected chi connectivity index (χ1v) is 14.5. The molecule has 0 bridgehead atoms. The van der Waals surface area contributed by atoms with E-state index < -0.39 is 0 Å². The molecule has 0 atom stereocenters. The number of allylic oxidation sites excluding steroid dienone is 2. The first-order chi connectivity index (χ1) is 21.7. The van der Waals surface area contributed by atoms with E-state index in [1.165, 1.54) is 0 Å². The predicted molar refractivity (Wildman–Crippen MR) is 181 cm³/mol. The van der Waals surface area contributed by atoms with Crippen molar-refractivity contribution in [2.24, 2.45) is 4.99 Å². The summed E-state index contributed by atoms with van der Waals surface area (Å²) in [6, 6.07) is 41.7. The van der Waals surface area contributed by atoms with Crippen LogP contribution in [0.5, 0.6) is 0 Å². The van der Waals surface area contributed by atoms with Crippen LogP contribution in [0.25, 0.3) is 55.2 Å². The van der Waals surface area contributed by atoms with Gasteiger partial charge in [0.25, 0.3) is 0 Å². The summed E-state index contributed by atoms with van der Waals surface area (Å²) in [6.45, 7) is 4.48. The summed E-state index contributed by atoms with van der Waals surface area (Å²) in [5.74, 6) is 0.696. The fourth-order valence-electron chi connectivity index (χ4n) is 6.22. The van der Waals surface area contributed by atoms with Gasteiger partial charge in [-0.15, -0.1) is 0 Å². The molecule has 5 nitrogen and oxygen atoms in total. The van der Waals surface area contributed by atoms with Crippen molar-refractivity contribution < 1.29 is 4.42 Å². The zero-order valence-electron chi connectivity index (χ0n) is 23.8. The van der Waals surface area contributed by atoms with E-state index in [0.29, 0.717) is 18.0 Å². The Hall–Kier alpha value is -6.12. The molecular formula is C39H26N4O. The molecule has 0 spiro atoms. The predicted octanol–water partition coefficient (Wildman–Crippen LogP) is 9.82. The highest BCUT2D eigenvalue weighted by molar-refractivity contribution is 6.11. The van der Waals surface area contributed by atoms with Crippen LogP contribution in [0, 0.1) is 11.3 Å². The minimum absolute atomic E-state index is 0.654. The molecule has 208 valence electrons. The highest BCUT2D eigenvalue weighted by atomic mass is 16.4. The average Bonchev–Trinajstić information content (AvgIpc) is 3.64. The lowest BCUT2D eigenvalue weighted by atomic mass is 9.98. The van der Waals surface area contributed by atoms with Crippen molar-refractivity contribution in [2.45, 2.75) is 0 Å². The fourth-order valence-corrected chi connectivity index (χ4v) is 6.22. The van der Waals surface area contributed by atoms with Crippen LogP contribution in [-0.4, -0.2) is 17.8 Å².